The van der Waals surface area contributed by atoms with Gasteiger partial charge in [-0.1, -0.05) is 67.6 Å². The Kier molecular flexibility index (Phi) is 4.86. The molecule has 2 bridgehead atoms. The van der Waals surface area contributed by atoms with E-state index >= 15 is 0 Å². The number of Topliss-reactive ketones (excluding diaryl/α,β-unsaturated/α-hetero) is 1. The Hall–Kier alpha value is -4.39. The van der Waals surface area contributed by atoms with Gasteiger partial charge in [0.25, 0.3) is 5.69 Å². The van der Waals surface area contributed by atoms with Crippen molar-refractivity contribution < 1.29 is 19.3 Å². The lowest BCUT2D eigenvalue weighted by Gasteiger charge is -2.37. The molecular weight excluding hydrogens is 468 g/mol. The quantitative estimate of drug-likeness (QED) is 0.273. The third-order valence-corrected chi connectivity index (χ3v) is 8.55. The smallest absolute Gasteiger partial charge is 0.269 e. The molecule has 1 heterocycles. The number of hydrogen-bond donors (Lipinski definition) is 0. The van der Waals surface area contributed by atoms with Gasteiger partial charge in [0.1, 0.15) is 0 Å². The summed E-state index contributed by atoms with van der Waals surface area (Å²) in [5, 5.41) is 11.1. The Morgan fingerprint density at radius 2 is 1.30 bits per heavy atom. The highest BCUT2D eigenvalue weighted by molar-refractivity contribution is 6.34. The molecule has 7 heteroatoms. The predicted molar refractivity (Wildman–Crippen MR) is 138 cm³/mol. The number of non-ortho nitro benzene ring substituents is 1. The van der Waals surface area contributed by atoms with Crippen molar-refractivity contribution >= 4 is 40.1 Å². The lowest BCUT2D eigenvalue weighted by Crippen LogP contribution is -2.41. The van der Waals surface area contributed by atoms with Crippen LogP contribution in [0.25, 0.3) is 11.1 Å². The molecule has 4 atom stereocenters. The van der Waals surface area contributed by atoms with Crippen molar-refractivity contribution in [1.82, 2.24) is 0 Å². The van der Waals surface area contributed by atoms with Crippen molar-refractivity contribution in [3.05, 3.63) is 106 Å². The van der Waals surface area contributed by atoms with E-state index in [4.69, 9.17) is 0 Å². The van der Waals surface area contributed by atoms with E-state index in [2.05, 4.69) is 0 Å². The summed E-state index contributed by atoms with van der Waals surface area (Å²) < 4.78 is 0. The monoisotopic (exact) mass is 492 g/mol. The summed E-state index contributed by atoms with van der Waals surface area (Å²) >= 11 is 0. The number of anilines is 1. The number of imide groups is 1. The van der Waals surface area contributed by atoms with Gasteiger partial charge in [0.2, 0.25) is 11.8 Å². The number of amides is 2. The van der Waals surface area contributed by atoms with Gasteiger partial charge in [-0.15, -0.1) is 0 Å². The largest absolute Gasteiger partial charge is 0.298 e. The zero-order chi connectivity index (χ0) is 26.1. The first-order chi connectivity index (χ1) is 17.8. The number of hydrogen-bond acceptors (Lipinski definition) is 5. The molecule has 2 amide bonds. The second kappa shape index (κ2) is 7.80. The van der Waals surface area contributed by atoms with E-state index in [1.807, 2.05) is 74.5 Å². The van der Waals surface area contributed by atoms with Crippen LogP contribution in [0.1, 0.15) is 31.4 Å². The maximum Gasteiger partial charge on any atom is 0.269 e. The van der Waals surface area contributed by atoms with E-state index in [-0.39, 0.29) is 17.2 Å². The highest BCUT2D eigenvalue weighted by Gasteiger charge is 2.79. The van der Waals surface area contributed by atoms with E-state index in [1.54, 1.807) is 0 Å². The van der Waals surface area contributed by atoms with Crippen LogP contribution in [0.4, 0.5) is 11.4 Å². The van der Waals surface area contributed by atoms with Crippen LogP contribution in [-0.2, 0) is 14.4 Å². The maximum atomic E-state index is 14.4. The second-order valence-electron chi connectivity index (χ2n) is 10.1. The van der Waals surface area contributed by atoms with E-state index in [1.165, 1.54) is 24.3 Å². The van der Waals surface area contributed by atoms with Crippen LogP contribution in [0.3, 0.4) is 0 Å². The van der Waals surface area contributed by atoms with Crippen LogP contribution in [0.2, 0.25) is 0 Å². The van der Waals surface area contributed by atoms with Gasteiger partial charge in [-0.25, -0.2) is 4.90 Å². The first kappa shape index (κ1) is 23.0. The molecule has 1 saturated carbocycles. The summed E-state index contributed by atoms with van der Waals surface area (Å²) in [5.41, 5.74) is 1.15. The van der Waals surface area contributed by atoms with Gasteiger partial charge in [-0.05, 0) is 47.8 Å². The highest BCUT2D eigenvalue weighted by atomic mass is 16.6. The third-order valence-electron chi connectivity index (χ3n) is 8.55. The van der Waals surface area contributed by atoms with Crippen molar-refractivity contribution in [3.8, 4) is 0 Å². The van der Waals surface area contributed by atoms with Crippen molar-refractivity contribution in [2.24, 2.45) is 22.7 Å². The molecule has 0 radical (unpaired) electrons. The van der Waals surface area contributed by atoms with Crippen LogP contribution in [0.5, 0.6) is 0 Å². The summed E-state index contributed by atoms with van der Waals surface area (Å²) in [6.45, 7) is 3.72. The zero-order valence-electron chi connectivity index (χ0n) is 20.4. The number of allylic oxidation sites excluding steroid dienone is 2. The standard InChI is InChI=1S/C30H24N2O5/c1-3-30-23(19-12-8-5-9-13-19)22(18-10-6-4-7-11-18)29(2,28(30)35)24-25(30)27(34)31(26(24)33)20-14-16-21(17-15-20)32(36)37/h4-17,24-25H,3H2,1-2H3/t24-,25+,29-,30-/m0/s1. The molecule has 3 aromatic rings. The molecule has 1 aliphatic heterocycles. The fraction of sp³-hybridized carbons (Fsp3) is 0.233. The lowest BCUT2D eigenvalue weighted by molar-refractivity contribution is -0.384. The van der Waals surface area contributed by atoms with Gasteiger partial charge in [0.15, 0.2) is 5.78 Å². The molecule has 0 aromatic heterocycles. The minimum absolute atomic E-state index is 0.0831. The van der Waals surface area contributed by atoms with Crippen molar-refractivity contribution in [2.75, 3.05) is 4.90 Å². The zero-order valence-corrected chi connectivity index (χ0v) is 20.4. The number of rotatable bonds is 5. The summed E-state index contributed by atoms with van der Waals surface area (Å²) in [4.78, 5) is 54.3. The van der Waals surface area contributed by atoms with Crippen molar-refractivity contribution in [1.29, 1.82) is 0 Å². The van der Waals surface area contributed by atoms with E-state index in [0.29, 0.717) is 6.42 Å². The van der Waals surface area contributed by atoms with Gasteiger partial charge >= 0.3 is 0 Å². The molecule has 2 aliphatic carbocycles. The molecule has 3 aromatic carbocycles. The predicted octanol–water partition coefficient (Wildman–Crippen LogP) is 5.31. The molecule has 7 nitrogen and oxygen atoms in total. The Morgan fingerprint density at radius 3 is 1.81 bits per heavy atom. The number of benzene rings is 3. The van der Waals surface area contributed by atoms with Gasteiger partial charge in [-0.2, -0.15) is 0 Å². The molecule has 184 valence electrons. The number of nitro groups is 1. The molecule has 6 rings (SSSR count). The summed E-state index contributed by atoms with van der Waals surface area (Å²) in [5.74, 6) is -2.65. The number of carbonyl (C=O) groups excluding carboxylic acids is 3. The normalized spacial score (nSPS) is 28.3. The summed E-state index contributed by atoms with van der Waals surface area (Å²) in [6.07, 6.45) is 0.371. The van der Waals surface area contributed by atoms with E-state index in [0.717, 1.165) is 27.2 Å². The highest BCUT2D eigenvalue weighted by Crippen LogP contribution is 2.74. The Labute approximate surface area is 213 Å². The minimum Gasteiger partial charge on any atom is -0.298 e. The molecule has 0 unspecified atom stereocenters. The fourth-order valence-electron chi connectivity index (χ4n) is 7.11. The molecule has 0 N–H and O–H groups in total. The average molecular weight is 493 g/mol. The van der Waals surface area contributed by atoms with Crippen LogP contribution in [-0.4, -0.2) is 22.5 Å². The minimum atomic E-state index is -1.20. The SMILES string of the molecule is CC[C@]12C(=O)[C@@](C)(C(c3ccccc3)=C1c1ccccc1)[C@@H]1C(=O)N(c3ccc([N+](=O)[O-])cc3)C(=O)[C@@H]12. The average Bonchev–Trinajstić information content (AvgIpc) is 3.39. The van der Waals surface area contributed by atoms with Gasteiger partial charge in [0.05, 0.1) is 33.3 Å². The summed E-state index contributed by atoms with van der Waals surface area (Å²) in [7, 11) is 0. The first-order valence-electron chi connectivity index (χ1n) is 12.3. The number of fused-ring (bicyclic) bond motifs is 5. The van der Waals surface area contributed by atoms with Crippen LogP contribution in [0.15, 0.2) is 84.9 Å². The van der Waals surface area contributed by atoms with Crippen molar-refractivity contribution in [3.63, 3.8) is 0 Å². The van der Waals surface area contributed by atoms with Crippen LogP contribution >= 0.6 is 0 Å². The molecule has 37 heavy (non-hydrogen) atoms. The summed E-state index contributed by atoms with van der Waals surface area (Å²) in [6, 6.07) is 24.7. The topological polar surface area (TPSA) is 97.6 Å². The maximum absolute atomic E-state index is 14.4. The van der Waals surface area contributed by atoms with Gasteiger partial charge in [0, 0.05) is 12.1 Å². The fourth-order valence-corrected chi connectivity index (χ4v) is 7.11. The lowest BCUT2D eigenvalue weighted by atomic mass is 9.62. The van der Waals surface area contributed by atoms with Crippen LogP contribution < -0.4 is 4.90 Å². The van der Waals surface area contributed by atoms with Gasteiger partial charge < -0.3 is 0 Å². The number of carbonyl (C=O) groups is 3. The third kappa shape index (κ3) is 2.74. The first-order valence-corrected chi connectivity index (χ1v) is 12.3. The molecule has 2 fully saturated rings. The Balaban J connectivity index is 1.60. The number of ketones is 1. The second-order valence-corrected chi connectivity index (χ2v) is 10.1. The number of nitrogens with zero attached hydrogens (tertiary/aromatic N) is 2. The number of nitro benzene ring substituents is 1. The van der Waals surface area contributed by atoms with Gasteiger partial charge in [-0.3, -0.25) is 24.5 Å². The Bertz CT molecular complexity index is 1510. The van der Waals surface area contributed by atoms with E-state index < -0.39 is 39.4 Å². The van der Waals surface area contributed by atoms with E-state index in [9.17, 15) is 24.5 Å². The molecular formula is C30H24N2O5. The molecule has 1 saturated heterocycles. The van der Waals surface area contributed by atoms with Crippen molar-refractivity contribution in [2.45, 2.75) is 20.3 Å². The van der Waals surface area contributed by atoms with Crippen LogP contribution in [0, 0.1) is 32.8 Å². The molecule has 0 spiro atoms. The molecule has 3 aliphatic rings. The Morgan fingerprint density at radius 1 is 0.784 bits per heavy atom.